The van der Waals surface area contributed by atoms with E-state index in [4.69, 9.17) is 23.2 Å². The Hall–Kier alpha value is -1.26. The summed E-state index contributed by atoms with van der Waals surface area (Å²) < 4.78 is 49.8. The van der Waals surface area contributed by atoms with Crippen molar-refractivity contribution in [2.24, 2.45) is 0 Å². The molecule has 2 heterocycles. The van der Waals surface area contributed by atoms with Crippen LogP contribution in [-0.2, 0) is 20.0 Å². The second kappa shape index (κ2) is 5.85. The molecule has 0 saturated carbocycles. The first kappa shape index (κ1) is 16.1. The Morgan fingerprint density at radius 2 is 1.19 bits per heavy atom. The van der Waals surface area contributed by atoms with E-state index in [1.165, 1.54) is 24.5 Å². The van der Waals surface area contributed by atoms with Crippen molar-refractivity contribution in [3.63, 3.8) is 0 Å². The number of sulfonamides is 2. The molecule has 112 valence electrons. The van der Waals surface area contributed by atoms with Gasteiger partial charge in [-0.3, -0.25) is 9.97 Å². The number of nitrogens with zero attached hydrogens (tertiary/aromatic N) is 2. The van der Waals surface area contributed by atoms with Gasteiger partial charge in [-0.05, 0) is 12.1 Å². The maximum absolute atomic E-state index is 12.1. The van der Waals surface area contributed by atoms with Gasteiger partial charge in [-0.1, -0.05) is 23.2 Å². The van der Waals surface area contributed by atoms with E-state index in [0.29, 0.717) is 0 Å². The number of aromatic nitrogens is 2. The van der Waals surface area contributed by atoms with E-state index in [2.05, 4.69) is 9.97 Å². The number of halogens is 2. The van der Waals surface area contributed by atoms with Crippen LogP contribution in [0.15, 0.2) is 46.7 Å². The van der Waals surface area contributed by atoms with E-state index >= 15 is 0 Å². The van der Waals surface area contributed by atoms with Crippen LogP contribution < -0.4 is 4.13 Å². The zero-order valence-electron chi connectivity index (χ0n) is 10.1. The molecule has 0 aliphatic carbocycles. The molecule has 0 saturated heterocycles. The molecule has 2 rings (SSSR count). The predicted molar refractivity (Wildman–Crippen MR) is 76.0 cm³/mol. The predicted octanol–water partition coefficient (Wildman–Crippen LogP) is 1.45. The lowest BCUT2D eigenvalue weighted by Gasteiger charge is -2.09. The summed E-state index contributed by atoms with van der Waals surface area (Å²) in [6.07, 6.45) is 4.41. The Balaban J connectivity index is 2.46. The molecule has 0 aromatic carbocycles. The smallest absolute Gasteiger partial charge is 0.256 e. The zero-order valence-corrected chi connectivity index (χ0v) is 13.2. The van der Waals surface area contributed by atoms with Gasteiger partial charge >= 0.3 is 0 Å². The maximum atomic E-state index is 12.1. The fraction of sp³-hybridized carbons (Fsp3) is 0. The Kier molecular flexibility index (Phi) is 4.49. The van der Waals surface area contributed by atoms with Crippen LogP contribution >= 0.6 is 23.2 Å². The first-order valence-electron chi connectivity index (χ1n) is 5.22. The number of rotatable bonds is 4. The van der Waals surface area contributed by atoms with Crippen LogP contribution in [0.4, 0.5) is 0 Å². The Morgan fingerprint density at radius 1 is 0.810 bits per heavy atom. The molecule has 21 heavy (non-hydrogen) atoms. The van der Waals surface area contributed by atoms with Gasteiger partial charge in [-0.15, -0.1) is 4.13 Å². The highest BCUT2D eigenvalue weighted by molar-refractivity contribution is 8.04. The van der Waals surface area contributed by atoms with E-state index < -0.39 is 29.8 Å². The normalized spacial score (nSPS) is 12.3. The van der Waals surface area contributed by atoms with Crippen molar-refractivity contribution >= 4 is 43.2 Å². The van der Waals surface area contributed by atoms with Crippen LogP contribution in [0.3, 0.4) is 0 Å². The van der Waals surface area contributed by atoms with Gasteiger partial charge in [0.1, 0.15) is 9.79 Å². The first-order chi connectivity index (χ1) is 9.74. The van der Waals surface area contributed by atoms with Gasteiger partial charge in [0, 0.05) is 24.8 Å². The zero-order chi connectivity index (χ0) is 15.7. The lowest BCUT2D eigenvalue weighted by molar-refractivity contribution is 0.576. The highest BCUT2D eigenvalue weighted by Gasteiger charge is 2.28. The summed E-state index contributed by atoms with van der Waals surface area (Å²) in [6.45, 7) is 0. The van der Waals surface area contributed by atoms with Crippen molar-refractivity contribution in [2.45, 2.75) is 9.79 Å². The van der Waals surface area contributed by atoms with Gasteiger partial charge in [0.2, 0.25) is 0 Å². The van der Waals surface area contributed by atoms with Crippen molar-refractivity contribution in [1.29, 1.82) is 0 Å². The minimum absolute atomic E-state index is 0.162. The molecule has 11 heteroatoms. The molecule has 0 fully saturated rings. The third-order valence-corrected chi connectivity index (χ3v) is 6.71. The number of nitrogens with one attached hydrogen (secondary N) is 1. The molecule has 0 bridgehead atoms. The molecule has 7 nitrogen and oxygen atoms in total. The second-order valence-electron chi connectivity index (χ2n) is 3.70. The number of pyridine rings is 2. The Morgan fingerprint density at radius 3 is 1.52 bits per heavy atom. The van der Waals surface area contributed by atoms with Crippen LogP contribution in [-0.4, -0.2) is 26.8 Å². The van der Waals surface area contributed by atoms with Crippen molar-refractivity contribution in [1.82, 2.24) is 14.1 Å². The monoisotopic (exact) mass is 367 g/mol. The van der Waals surface area contributed by atoms with Crippen LogP contribution in [0.5, 0.6) is 0 Å². The van der Waals surface area contributed by atoms with E-state index in [1.54, 1.807) is 4.13 Å². The highest BCUT2D eigenvalue weighted by atomic mass is 35.5. The van der Waals surface area contributed by atoms with Gasteiger partial charge in [0.25, 0.3) is 20.0 Å². The quantitative estimate of drug-likeness (QED) is 0.876. The Labute approximate surface area is 131 Å². The molecule has 0 radical (unpaired) electrons. The average molecular weight is 368 g/mol. The molecule has 0 aliphatic rings. The summed E-state index contributed by atoms with van der Waals surface area (Å²) in [5, 5.41) is -0.324. The SMILES string of the molecule is O=S(=O)(NS(=O)(=O)c1cnccc1Cl)c1cnccc1Cl. The summed E-state index contributed by atoms with van der Waals surface area (Å²) in [6, 6.07) is 2.44. The molecule has 0 aliphatic heterocycles. The van der Waals surface area contributed by atoms with Crippen molar-refractivity contribution in [3.8, 4) is 0 Å². The second-order valence-corrected chi connectivity index (χ2v) is 8.08. The van der Waals surface area contributed by atoms with Crippen LogP contribution in [0.25, 0.3) is 0 Å². The van der Waals surface area contributed by atoms with Crippen molar-refractivity contribution < 1.29 is 16.8 Å². The maximum Gasteiger partial charge on any atom is 0.256 e. The number of hydrogen-bond donors (Lipinski definition) is 1. The average Bonchev–Trinajstić information content (AvgIpc) is 2.38. The van der Waals surface area contributed by atoms with E-state index in [9.17, 15) is 16.8 Å². The molecular formula is C10H7Cl2N3O4S2. The largest absolute Gasteiger partial charge is 0.263 e. The van der Waals surface area contributed by atoms with E-state index in [1.807, 2.05) is 0 Å². The van der Waals surface area contributed by atoms with Gasteiger partial charge in [0.15, 0.2) is 0 Å². The minimum atomic E-state index is -4.43. The minimum Gasteiger partial charge on any atom is -0.263 e. The third kappa shape index (κ3) is 3.50. The molecule has 1 N–H and O–H groups in total. The topological polar surface area (TPSA) is 106 Å². The van der Waals surface area contributed by atoms with Crippen molar-refractivity contribution in [3.05, 3.63) is 47.0 Å². The van der Waals surface area contributed by atoms with E-state index in [-0.39, 0.29) is 10.0 Å². The van der Waals surface area contributed by atoms with Gasteiger partial charge < -0.3 is 0 Å². The summed E-state index contributed by atoms with van der Waals surface area (Å²) in [5.74, 6) is 0. The van der Waals surface area contributed by atoms with Crippen molar-refractivity contribution in [2.75, 3.05) is 0 Å². The number of hydrogen-bond acceptors (Lipinski definition) is 6. The van der Waals surface area contributed by atoms with Gasteiger partial charge in [0.05, 0.1) is 10.0 Å². The van der Waals surface area contributed by atoms with Gasteiger partial charge in [-0.25, -0.2) is 16.8 Å². The van der Waals surface area contributed by atoms with Gasteiger partial charge in [-0.2, -0.15) is 0 Å². The fourth-order valence-electron chi connectivity index (χ4n) is 1.36. The molecular weight excluding hydrogens is 361 g/mol. The summed E-state index contributed by atoms with van der Waals surface area (Å²) >= 11 is 11.4. The summed E-state index contributed by atoms with van der Waals surface area (Å²) in [5.41, 5.74) is 0. The lowest BCUT2D eigenvalue weighted by Crippen LogP contribution is -2.31. The van der Waals surface area contributed by atoms with Crippen LogP contribution in [0, 0.1) is 0 Å². The lowest BCUT2D eigenvalue weighted by atomic mass is 10.5. The summed E-state index contributed by atoms with van der Waals surface area (Å²) in [7, 11) is -8.86. The molecule has 0 spiro atoms. The molecule has 2 aromatic heterocycles. The molecule has 0 atom stereocenters. The molecule has 0 unspecified atom stereocenters. The third-order valence-electron chi connectivity index (χ3n) is 2.27. The standard InChI is InChI=1S/C10H7Cl2N3O4S2/c11-7-1-3-13-5-9(7)20(16,17)15-21(18,19)10-6-14-4-2-8(10)12/h1-6,15H. The first-order valence-corrected chi connectivity index (χ1v) is 8.94. The van der Waals surface area contributed by atoms with E-state index in [0.717, 1.165) is 12.4 Å². The fourth-order valence-corrected chi connectivity index (χ4v) is 5.10. The highest BCUT2D eigenvalue weighted by Crippen LogP contribution is 2.23. The van der Waals surface area contributed by atoms with Crippen LogP contribution in [0.2, 0.25) is 10.0 Å². The Bertz CT molecular complexity index is 811. The molecule has 2 aromatic rings. The summed E-state index contributed by atoms with van der Waals surface area (Å²) in [4.78, 5) is 6.27. The van der Waals surface area contributed by atoms with Crippen LogP contribution in [0.1, 0.15) is 0 Å². The molecule has 0 amide bonds.